The molecule has 0 aliphatic carbocycles. The van der Waals surface area contributed by atoms with E-state index in [1.807, 2.05) is 85.8 Å². The van der Waals surface area contributed by atoms with Crippen molar-refractivity contribution >= 4 is 34.8 Å². The molecule has 1 N–H and O–H groups in total. The number of amides is 3. The van der Waals surface area contributed by atoms with Gasteiger partial charge in [-0.15, -0.1) is 0 Å². The molecular weight excluding hydrogens is 592 g/mol. The van der Waals surface area contributed by atoms with Crippen LogP contribution >= 0.6 is 0 Å². The fraction of sp³-hybridized carbons (Fsp3) is 0.500. The van der Waals surface area contributed by atoms with Crippen molar-refractivity contribution in [1.29, 1.82) is 0 Å². The average molecular weight is 641 g/mol. The molecule has 0 saturated carbocycles. The zero-order valence-electron chi connectivity index (χ0n) is 27.9. The molecule has 4 aliphatic rings. The highest BCUT2D eigenvalue weighted by Gasteiger charge is 2.75. The van der Waals surface area contributed by atoms with Crippen molar-refractivity contribution < 1.29 is 24.2 Å². The Hall–Kier alpha value is -3.95. The van der Waals surface area contributed by atoms with E-state index < -0.39 is 29.1 Å². The molecule has 2 aromatic carbocycles. The molecule has 9 heteroatoms. The van der Waals surface area contributed by atoms with Gasteiger partial charge in [-0.05, 0) is 69.5 Å². The van der Waals surface area contributed by atoms with E-state index in [1.54, 1.807) is 14.7 Å². The summed E-state index contributed by atoms with van der Waals surface area (Å²) in [5.74, 6) is -2.20. The zero-order chi connectivity index (χ0) is 33.2. The van der Waals surface area contributed by atoms with Crippen LogP contribution in [0.15, 0.2) is 78.9 Å². The first kappa shape index (κ1) is 33.0. The molecule has 2 aromatic rings. The second kappa shape index (κ2) is 13.6. The average Bonchev–Trinajstić information content (AvgIpc) is 3.38. The van der Waals surface area contributed by atoms with Crippen LogP contribution in [0.5, 0.6) is 0 Å². The smallest absolute Gasteiger partial charge is 0.253 e. The fourth-order valence-electron chi connectivity index (χ4n) is 8.25. The van der Waals surface area contributed by atoms with E-state index in [1.165, 1.54) is 0 Å². The largest absolute Gasteiger partial charge is 0.396 e. The number of para-hydroxylation sites is 1. The van der Waals surface area contributed by atoms with Crippen molar-refractivity contribution in [2.75, 3.05) is 54.0 Å². The number of carbonyl (C=O) groups excluding carboxylic acids is 3. The third-order valence-corrected chi connectivity index (χ3v) is 10.6. The Morgan fingerprint density at radius 2 is 1.40 bits per heavy atom. The van der Waals surface area contributed by atoms with Crippen LogP contribution in [0.3, 0.4) is 0 Å². The number of likely N-dealkylation sites (tertiary alicyclic amines) is 1. The van der Waals surface area contributed by atoms with Gasteiger partial charge in [-0.1, -0.05) is 62.3 Å². The first-order chi connectivity index (χ1) is 22.9. The standard InChI is InChI=1S/C38H48N4O5/c1-4-37-22-14-25-40(29-16-10-9-11-17-29)34(44)31(37)32-35(45)42(24-12-7-8-13-27-43)33-36(46)41(26-15-23-38(32,33)47-37)30-20-18-28(19-21-30)39(5-2)6-3/h9-11,14-23,31-33,43H,4-8,12-13,24-27H2,1-3H3/t31-,32+,33?,37+,38+/m1/s1. The predicted molar refractivity (Wildman–Crippen MR) is 184 cm³/mol. The molecule has 3 amide bonds. The lowest BCUT2D eigenvalue weighted by Crippen LogP contribution is -2.56. The Balaban J connectivity index is 1.41. The number of hydrogen-bond donors (Lipinski definition) is 1. The topological polar surface area (TPSA) is 93.6 Å². The summed E-state index contributed by atoms with van der Waals surface area (Å²) in [7, 11) is 0. The Labute approximate surface area is 278 Å². The molecular formula is C38H48N4O5. The predicted octanol–water partition coefficient (Wildman–Crippen LogP) is 4.95. The fourth-order valence-corrected chi connectivity index (χ4v) is 8.25. The van der Waals surface area contributed by atoms with Crippen molar-refractivity contribution in [3.05, 3.63) is 78.9 Å². The summed E-state index contributed by atoms with van der Waals surface area (Å²) in [6, 6.07) is 16.7. The minimum absolute atomic E-state index is 0.129. The third-order valence-electron chi connectivity index (χ3n) is 10.6. The number of ether oxygens (including phenoxy) is 1. The highest BCUT2D eigenvalue weighted by Crippen LogP contribution is 2.58. The molecule has 250 valence electrons. The van der Waals surface area contributed by atoms with Crippen molar-refractivity contribution in [2.45, 2.75) is 70.1 Å². The van der Waals surface area contributed by atoms with E-state index in [-0.39, 0.29) is 24.3 Å². The number of fused-ring (bicyclic) bond motifs is 2. The Kier molecular flexibility index (Phi) is 9.58. The Morgan fingerprint density at radius 1 is 0.766 bits per heavy atom. The van der Waals surface area contributed by atoms with Gasteiger partial charge < -0.3 is 29.4 Å². The molecule has 0 aromatic heterocycles. The number of benzene rings is 2. The number of aliphatic hydroxyl groups excluding tert-OH is 1. The number of anilines is 3. The zero-order valence-corrected chi connectivity index (χ0v) is 27.9. The van der Waals surface area contributed by atoms with Gasteiger partial charge in [0.05, 0.1) is 17.4 Å². The summed E-state index contributed by atoms with van der Waals surface area (Å²) in [4.78, 5) is 51.8. The first-order valence-corrected chi connectivity index (χ1v) is 17.4. The highest BCUT2D eigenvalue weighted by molar-refractivity contribution is 6.07. The molecule has 6 rings (SSSR count). The number of hydrogen-bond acceptors (Lipinski definition) is 6. The van der Waals surface area contributed by atoms with Gasteiger partial charge in [-0.2, -0.15) is 0 Å². The highest BCUT2D eigenvalue weighted by atomic mass is 16.5. The van der Waals surface area contributed by atoms with Crippen molar-refractivity contribution in [3.63, 3.8) is 0 Å². The van der Waals surface area contributed by atoms with Gasteiger partial charge in [0.2, 0.25) is 11.8 Å². The van der Waals surface area contributed by atoms with Crippen LogP contribution in [0.1, 0.15) is 52.9 Å². The Morgan fingerprint density at radius 3 is 2.06 bits per heavy atom. The molecule has 2 fully saturated rings. The normalized spacial score (nSPS) is 28.3. The summed E-state index contributed by atoms with van der Waals surface area (Å²) in [6.45, 7) is 9.22. The monoisotopic (exact) mass is 640 g/mol. The van der Waals surface area contributed by atoms with Crippen LogP contribution in [0.4, 0.5) is 17.1 Å². The molecule has 0 bridgehead atoms. The van der Waals surface area contributed by atoms with Gasteiger partial charge in [0, 0.05) is 56.4 Å². The molecule has 1 unspecified atom stereocenters. The third kappa shape index (κ3) is 5.57. The minimum Gasteiger partial charge on any atom is -0.396 e. The van der Waals surface area contributed by atoms with Gasteiger partial charge in [-0.3, -0.25) is 14.4 Å². The maximum atomic E-state index is 14.9. The van der Waals surface area contributed by atoms with E-state index in [9.17, 15) is 19.5 Å². The van der Waals surface area contributed by atoms with Crippen molar-refractivity contribution in [1.82, 2.24) is 4.90 Å². The Bertz CT molecular complexity index is 1510. The summed E-state index contributed by atoms with van der Waals surface area (Å²) < 4.78 is 7.14. The quantitative estimate of drug-likeness (QED) is 0.261. The number of nitrogens with zero attached hydrogens (tertiary/aromatic N) is 4. The van der Waals surface area contributed by atoms with Gasteiger partial charge >= 0.3 is 0 Å². The number of unbranched alkanes of at least 4 members (excludes halogenated alkanes) is 3. The molecule has 2 saturated heterocycles. The van der Waals surface area contributed by atoms with Gasteiger partial charge in [0.25, 0.3) is 5.91 Å². The van der Waals surface area contributed by atoms with Crippen LogP contribution in [0, 0.1) is 11.8 Å². The van der Waals surface area contributed by atoms with Gasteiger partial charge in [0.15, 0.2) is 0 Å². The summed E-state index contributed by atoms with van der Waals surface area (Å²) >= 11 is 0. The SMILES string of the molecule is CCN(CC)c1ccc(N2CC=C[C@]34O[C@@]5(CC)C=CCN(c6ccccc6)C(=O)[C@H]5[C@H]3C(=O)N(CCCCCCO)C4C2=O)cc1. The van der Waals surface area contributed by atoms with E-state index >= 15 is 0 Å². The van der Waals surface area contributed by atoms with Crippen molar-refractivity contribution in [2.24, 2.45) is 11.8 Å². The second-order valence-electron chi connectivity index (χ2n) is 13.0. The summed E-state index contributed by atoms with van der Waals surface area (Å²) in [6.07, 6.45) is 11.3. The molecule has 4 aliphatic heterocycles. The first-order valence-electron chi connectivity index (χ1n) is 17.4. The summed E-state index contributed by atoms with van der Waals surface area (Å²) in [5.41, 5.74) is 0.290. The maximum absolute atomic E-state index is 14.9. The summed E-state index contributed by atoms with van der Waals surface area (Å²) in [5, 5.41) is 9.29. The maximum Gasteiger partial charge on any atom is 0.253 e. The number of rotatable bonds is 12. The molecule has 4 heterocycles. The van der Waals surface area contributed by atoms with Crippen LogP contribution in [0.25, 0.3) is 0 Å². The van der Waals surface area contributed by atoms with Crippen molar-refractivity contribution in [3.8, 4) is 0 Å². The van der Waals surface area contributed by atoms with Crippen LogP contribution in [-0.4, -0.2) is 84.3 Å². The van der Waals surface area contributed by atoms with E-state index in [2.05, 4.69) is 18.7 Å². The lowest BCUT2D eigenvalue weighted by Gasteiger charge is -2.38. The molecule has 0 radical (unpaired) electrons. The van der Waals surface area contributed by atoms with Gasteiger partial charge in [-0.25, -0.2) is 0 Å². The minimum atomic E-state index is -1.30. The molecule has 9 nitrogen and oxygen atoms in total. The lowest BCUT2D eigenvalue weighted by molar-refractivity contribution is -0.145. The van der Waals surface area contributed by atoms with E-state index in [0.29, 0.717) is 38.9 Å². The second-order valence-corrected chi connectivity index (χ2v) is 13.0. The van der Waals surface area contributed by atoms with Crippen LogP contribution < -0.4 is 14.7 Å². The molecule has 1 spiro atoms. The number of aliphatic hydroxyl groups is 1. The van der Waals surface area contributed by atoms with E-state index in [0.717, 1.165) is 43.0 Å². The van der Waals surface area contributed by atoms with Crippen LogP contribution in [0.2, 0.25) is 0 Å². The number of carbonyl (C=O) groups is 3. The van der Waals surface area contributed by atoms with Gasteiger partial charge in [0.1, 0.15) is 11.6 Å². The molecule has 47 heavy (non-hydrogen) atoms. The van der Waals surface area contributed by atoms with Crippen LogP contribution in [-0.2, 0) is 19.1 Å². The van der Waals surface area contributed by atoms with E-state index in [4.69, 9.17) is 4.74 Å². The lowest BCUT2D eigenvalue weighted by atomic mass is 9.73. The molecule has 5 atom stereocenters.